The van der Waals surface area contributed by atoms with Crippen molar-refractivity contribution in [1.29, 1.82) is 0 Å². The number of rotatable bonds is 4. The molecule has 3 aliphatic heterocycles. The zero-order valence-electron chi connectivity index (χ0n) is 17.9. The van der Waals surface area contributed by atoms with Crippen LogP contribution in [0.15, 0.2) is 48.5 Å². The Bertz CT molecular complexity index is 904. The van der Waals surface area contributed by atoms with Crippen LogP contribution in [-0.4, -0.2) is 49.2 Å². The third-order valence-corrected chi connectivity index (χ3v) is 6.62. The van der Waals surface area contributed by atoms with Crippen LogP contribution >= 0.6 is 0 Å². The van der Waals surface area contributed by atoms with E-state index in [-0.39, 0.29) is 5.91 Å². The van der Waals surface area contributed by atoms with E-state index in [1.54, 1.807) is 0 Å². The van der Waals surface area contributed by atoms with Gasteiger partial charge >= 0.3 is 0 Å². The van der Waals surface area contributed by atoms with E-state index in [0.29, 0.717) is 43.6 Å². The van der Waals surface area contributed by atoms with Crippen molar-refractivity contribution in [3.05, 3.63) is 54.1 Å². The highest BCUT2D eigenvalue weighted by atomic mass is 16.5. The van der Waals surface area contributed by atoms with Gasteiger partial charge in [0, 0.05) is 36.3 Å². The number of anilines is 1. The minimum Gasteiger partial charge on any atom is -0.490 e. The number of ether oxygens (including phenoxy) is 2. The summed E-state index contributed by atoms with van der Waals surface area (Å²) in [7, 11) is 0. The zero-order chi connectivity index (χ0) is 21.0. The van der Waals surface area contributed by atoms with E-state index in [9.17, 15) is 4.79 Å². The molecule has 2 fully saturated rings. The van der Waals surface area contributed by atoms with Crippen molar-refractivity contribution in [1.82, 2.24) is 10.2 Å². The molecule has 2 aromatic carbocycles. The Labute approximate surface area is 183 Å². The first-order valence-corrected chi connectivity index (χ1v) is 11.5. The van der Waals surface area contributed by atoms with Gasteiger partial charge in [0.2, 0.25) is 5.91 Å². The summed E-state index contributed by atoms with van der Waals surface area (Å²) >= 11 is 0. The van der Waals surface area contributed by atoms with Gasteiger partial charge in [0.25, 0.3) is 0 Å². The quantitative estimate of drug-likeness (QED) is 0.787. The molecule has 2 N–H and O–H groups in total. The number of carbonyl (C=O) groups is 1. The van der Waals surface area contributed by atoms with Crippen LogP contribution in [0.3, 0.4) is 0 Å². The minimum atomic E-state index is 0.0262. The summed E-state index contributed by atoms with van der Waals surface area (Å²) in [6.07, 6.45) is 5.43. The fourth-order valence-corrected chi connectivity index (χ4v) is 5.11. The van der Waals surface area contributed by atoms with Gasteiger partial charge in [-0.05, 0) is 43.5 Å². The predicted octanol–water partition coefficient (Wildman–Crippen LogP) is 3.74. The first kappa shape index (κ1) is 20.3. The molecule has 1 amide bonds. The van der Waals surface area contributed by atoms with Crippen molar-refractivity contribution < 1.29 is 14.3 Å². The number of nitrogens with zero attached hydrogens (tertiary/aromatic N) is 1. The van der Waals surface area contributed by atoms with Crippen molar-refractivity contribution >= 4 is 11.6 Å². The van der Waals surface area contributed by atoms with Crippen LogP contribution in [0.25, 0.3) is 0 Å². The number of carbonyl (C=O) groups excluding carboxylic acids is 1. The van der Waals surface area contributed by atoms with E-state index in [2.05, 4.69) is 45.9 Å². The highest BCUT2D eigenvalue weighted by molar-refractivity contribution is 5.92. The van der Waals surface area contributed by atoms with E-state index in [4.69, 9.17) is 9.47 Å². The molecule has 0 bridgehead atoms. The molecule has 3 heterocycles. The first-order chi connectivity index (χ1) is 15.3. The highest BCUT2D eigenvalue weighted by Crippen LogP contribution is 2.34. The predicted molar refractivity (Wildman–Crippen MR) is 121 cm³/mol. The molecule has 2 aromatic rings. The molecule has 0 saturated carbocycles. The topological polar surface area (TPSA) is 62.8 Å². The van der Waals surface area contributed by atoms with Crippen LogP contribution in [0.2, 0.25) is 0 Å². The molecule has 0 aromatic heterocycles. The lowest BCUT2D eigenvalue weighted by Gasteiger charge is -2.29. The summed E-state index contributed by atoms with van der Waals surface area (Å²) in [5, 5.41) is 6.90. The number of nitrogens with one attached hydrogen (secondary N) is 2. The van der Waals surface area contributed by atoms with E-state index in [1.165, 1.54) is 18.4 Å². The summed E-state index contributed by atoms with van der Waals surface area (Å²) in [5.41, 5.74) is 2.10. The van der Waals surface area contributed by atoms with Gasteiger partial charge in [0.05, 0.1) is 19.8 Å². The summed E-state index contributed by atoms with van der Waals surface area (Å²) < 4.78 is 11.4. The van der Waals surface area contributed by atoms with Gasteiger partial charge in [-0.25, -0.2) is 0 Å². The van der Waals surface area contributed by atoms with Gasteiger partial charge in [-0.1, -0.05) is 36.8 Å². The van der Waals surface area contributed by atoms with Crippen LogP contribution in [0, 0.1) is 0 Å². The summed E-state index contributed by atoms with van der Waals surface area (Å²) in [5.74, 6) is 1.48. The molecule has 3 aliphatic rings. The third-order valence-electron chi connectivity index (χ3n) is 6.62. The smallest absolute Gasteiger partial charge is 0.238 e. The second kappa shape index (κ2) is 9.28. The molecule has 6 heteroatoms. The van der Waals surface area contributed by atoms with Crippen molar-refractivity contribution in [3.63, 3.8) is 0 Å². The van der Waals surface area contributed by atoms with Crippen LogP contribution < -0.4 is 20.1 Å². The first-order valence-electron chi connectivity index (χ1n) is 11.5. The van der Waals surface area contributed by atoms with Crippen molar-refractivity contribution in [3.8, 4) is 11.5 Å². The maximum atomic E-state index is 12.9. The van der Waals surface area contributed by atoms with Crippen LogP contribution in [0.4, 0.5) is 5.69 Å². The lowest BCUT2D eigenvalue weighted by atomic mass is 10.0. The van der Waals surface area contributed by atoms with Gasteiger partial charge in [0.1, 0.15) is 0 Å². The number of hydrogen-bond donors (Lipinski definition) is 2. The molecule has 0 aliphatic carbocycles. The van der Waals surface area contributed by atoms with Gasteiger partial charge in [-0.3, -0.25) is 9.69 Å². The fraction of sp³-hybridized carbons (Fsp3) is 0.480. The Morgan fingerprint density at radius 2 is 1.87 bits per heavy atom. The molecule has 0 spiro atoms. The number of benzene rings is 2. The zero-order valence-corrected chi connectivity index (χ0v) is 17.9. The molecule has 3 atom stereocenters. The molecule has 0 radical (unpaired) electrons. The molecule has 2 saturated heterocycles. The second-order valence-corrected chi connectivity index (χ2v) is 8.77. The Kier molecular flexibility index (Phi) is 6.09. The summed E-state index contributed by atoms with van der Waals surface area (Å²) in [6.45, 7) is 2.68. The van der Waals surface area contributed by atoms with Crippen molar-refractivity contribution in [2.75, 3.05) is 31.6 Å². The van der Waals surface area contributed by atoms with Crippen LogP contribution in [-0.2, 0) is 4.79 Å². The molecular formula is C25H31N3O3. The van der Waals surface area contributed by atoms with E-state index in [1.807, 2.05) is 18.2 Å². The minimum absolute atomic E-state index is 0.0262. The van der Waals surface area contributed by atoms with Gasteiger partial charge in [-0.15, -0.1) is 0 Å². The summed E-state index contributed by atoms with van der Waals surface area (Å²) in [6, 6.07) is 17.5. The van der Waals surface area contributed by atoms with Gasteiger partial charge in [-0.2, -0.15) is 0 Å². The number of fused-ring (bicyclic) bond motifs is 2. The maximum Gasteiger partial charge on any atom is 0.238 e. The largest absolute Gasteiger partial charge is 0.490 e. The Hall–Kier alpha value is -2.57. The molecule has 0 unspecified atom stereocenters. The SMILES string of the molecule is O=C(CN1CCCC[C@@H]2N[C@H](c3ccccc3)C[C@H]21)Nc1ccc2c(c1)OCCCO2. The normalized spacial score (nSPS) is 25.9. The van der Waals surface area contributed by atoms with E-state index < -0.39 is 0 Å². The van der Waals surface area contributed by atoms with Crippen molar-refractivity contribution in [2.24, 2.45) is 0 Å². The Balaban J connectivity index is 1.24. The standard InChI is InChI=1S/C25H31N3O3/c29-25(26-19-10-11-23-24(15-19)31-14-6-13-30-23)17-28-12-5-4-9-20-22(28)16-21(27-20)18-7-2-1-3-8-18/h1-3,7-8,10-11,15,20-22,27H,4-6,9,12-14,16-17H2,(H,26,29)/t20-,21-,22+/m0/s1. The second-order valence-electron chi connectivity index (χ2n) is 8.77. The molecular weight excluding hydrogens is 390 g/mol. The number of amides is 1. The monoisotopic (exact) mass is 421 g/mol. The fourth-order valence-electron chi connectivity index (χ4n) is 5.11. The maximum absolute atomic E-state index is 12.9. The number of likely N-dealkylation sites (tertiary alicyclic amines) is 1. The van der Waals surface area contributed by atoms with Gasteiger partial charge in [0.15, 0.2) is 11.5 Å². The Morgan fingerprint density at radius 1 is 1.03 bits per heavy atom. The summed E-state index contributed by atoms with van der Waals surface area (Å²) in [4.78, 5) is 15.3. The molecule has 5 rings (SSSR count). The number of hydrogen-bond acceptors (Lipinski definition) is 5. The molecule has 31 heavy (non-hydrogen) atoms. The molecule has 164 valence electrons. The average molecular weight is 422 g/mol. The van der Waals surface area contributed by atoms with Crippen molar-refractivity contribution in [2.45, 2.75) is 50.2 Å². The van der Waals surface area contributed by atoms with Crippen LogP contribution in [0.5, 0.6) is 11.5 Å². The van der Waals surface area contributed by atoms with Crippen LogP contribution in [0.1, 0.15) is 43.7 Å². The average Bonchev–Trinajstić information content (AvgIpc) is 2.94. The van der Waals surface area contributed by atoms with E-state index >= 15 is 0 Å². The third kappa shape index (κ3) is 4.70. The molecule has 6 nitrogen and oxygen atoms in total. The Morgan fingerprint density at radius 3 is 2.74 bits per heavy atom. The lowest BCUT2D eigenvalue weighted by Crippen LogP contribution is -2.45. The highest BCUT2D eigenvalue weighted by Gasteiger charge is 2.39. The lowest BCUT2D eigenvalue weighted by molar-refractivity contribution is -0.117. The van der Waals surface area contributed by atoms with Gasteiger partial charge < -0.3 is 20.1 Å². The van der Waals surface area contributed by atoms with E-state index in [0.717, 1.165) is 37.2 Å².